The van der Waals surface area contributed by atoms with Crippen LogP contribution in [0.25, 0.3) is 10.9 Å². The van der Waals surface area contributed by atoms with Crippen molar-refractivity contribution >= 4 is 33.7 Å². The third-order valence-electron chi connectivity index (χ3n) is 5.03. The summed E-state index contributed by atoms with van der Waals surface area (Å²) < 4.78 is 1.76. The van der Waals surface area contributed by atoms with E-state index in [9.17, 15) is 4.79 Å². The summed E-state index contributed by atoms with van der Waals surface area (Å²) in [5, 5.41) is 10.9. The van der Waals surface area contributed by atoms with Gasteiger partial charge in [0.05, 0.1) is 23.7 Å². The summed E-state index contributed by atoms with van der Waals surface area (Å²) in [7, 11) is 0. The first-order valence-corrected chi connectivity index (χ1v) is 9.44. The molecule has 2 aromatic rings. The molecule has 1 atom stereocenters. The summed E-state index contributed by atoms with van der Waals surface area (Å²) in [6, 6.07) is 8.33. The second kappa shape index (κ2) is 6.16. The highest BCUT2D eigenvalue weighted by Crippen LogP contribution is 2.38. The van der Waals surface area contributed by atoms with Gasteiger partial charge < -0.3 is 10.9 Å². The van der Waals surface area contributed by atoms with Gasteiger partial charge in [0.15, 0.2) is 0 Å². The van der Waals surface area contributed by atoms with Crippen molar-refractivity contribution in [3.8, 4) is 0 Å². The standard InChI is InChI=1S/C18H21N3O2S/c19-21-15(18-20-13(10-24-18)9-16(22)23)8-12-6-3-7-14(17(12)21)11-4-1-2-5-11/h3,6-8,11,13H,1-2,4-5,9-10,19H2,(H,22,23). The molecular weight excluding hydrogens is 322 g/mol. The Morgan fingerprint density at radius 2 is 2.17 bits per heavy atom. The first-order valence-electron chi connectivity index (χ1n) is 8.45. The number of carboxylic acids is 1. The van der Waals surface area contributed by atoms with E-state index in [2.05, 4.69) is 29.3 Å². The van der Waals surface area contributed by atoms with E-state index < -0.39 is 5.97 Å². The lowest BCUT2D eigenvalue weighted by Gasteiger charge is -2.13. The van der Waals surface area contributed by atoms with E-state index in [0.29, 0.717) is 11.7 Å². The van der Waals surface area contributed by atoms with Crippen LogP contribution in [0, 0.1) is 0 Å². The van der Waals surface area contributed by atoms with E-state index in [0.717, 1.165) is 21.6 Å². The van der Waals surface area contributed by atoms with Crippen molar-refractivity contribution in [1.29, 1.82) is 0 Å². The lowest BCUT2D eigenvalue weighted by atomic mass is 9.96. The van der Waals surface area contributed by atoms with Crippen molar-refractivity contribution in [2.24, 2.45) is 4.99 Å². The van der Waals surface area contributed by atoms with E-state index in [4.69, 9.17) is 10.9 Å². The Kier molecular flexibility index (Phi) is 4.00. The van der Waals surface area contributed by atoms with Crippen molar-refractivity contribution in [3.63, 3.8) is 0 Å². The number of nitrogens with zero attached hydrogens (tertiary/aromatic N) is 2. The third kappa shape index (κ3) is 2.69. The van der Waals surface area contributed by atoms with Crippen LogP contribution in [0.1, 0.15) is 49.3 Å². The Balaban J connectivity index is 1.74. The van der Waals surface area contributed by atoms with E-state index >= 15 is 0 Å². The Hall–Kier alpha value is -1.95. The molecule has 1 aliphatic carbocycles. The predicted octanol–water partition coefficient (Wildman–Crippen LogP) is 3.35. The van der Waals surface area contributed by atoms with E-state index in [1.54, 1.807) is 16.4 Å². The monoisotopic (exact) mass is 343 g/mol. The van der Waals surface area contributed by atoms with Crippen molar-refractivity contribution in [2.75, 3.05) is 11.6 Å². The molecular formula is C18H21N3O2S. The fourth-order valence-corrected chi connectivity index (χ4v) is 4.98. The molecule has 1 aromatic carbocycles. The molecule has 4 rings (SSSR count). The van der Waals surface area contributed by atoms with Gasteiger partial charge in [0.2, 0.25) is 0 Å². The van der Waals surface area contributed by atoms with Gasteiger partial charge >= 0.3 is 5.97 Å². The fraction of sp³-hybridized carbons (Fsp3) is 0.444. The molecule has 24 heavy (non-hydrogen) atoms. The zero-order valence-electron chi connectivity index (χ0n) is 13.4. The van der Waals surface area contributed by atoms with Gasteiger partial charge in [0, 0.05) is 11.1 Å². The normalized spacial score (nSPS) is 21.5. The van der Waals surface area contributed by atoms with Gasteiger partial charge in [-0.3, -0.25) is 14.5 Å². The van der Waals surface area contributed by atoms with Crippen LogP contribution in [-0.2, 0) is 4.79 Å². The molecule has 0 saturated heterocycles. The van der Waals surface area contributed by atoms with Gasteiger partial charge in [-0.2, -0.15) is 0 Å². The predicted molar refractivity (Wildman–Crippen MR) is 98.3 cm³/mol. The second-order valence-electron chi connectivity index (χ2n) is 6.66. The number of carboxylic acid groups (broad SMARTS) is 1. The lowest BCUT2D eigenvalue weighted by Crippen LogP contribution is -2.15. The number of fused-ring (bicyclic) bond motifs is 1. The first-order chi connectivity index (χ1) is 11.6. The van der Waals surface area contributed by atoms with Crippen molar-refractivity contribution in [2.45, 2.75) is 44.1 Å². The Morgan fingerprint density at radius 3 is 2.92 bits per heavy atom. The number of para-hydroxylation sites is 1. The third-order valence-corrected chi connectivity index (χ3v) is 6.17. The first kappa shape index (κ1) is 15.6. The molecule has 2 aliphatic rings. The van der Waals surface area contributed by atoms with E-state index in [1.165, 1.54) is 31.2 Å². The Bertz CT molecular complexity index is 821. The van der Waals surface area contributed by atoms with Gasteiger partial charge in [-0.15, -0.1) is 11.8 Å². The van der Waals surface area contributed by atoms with Crippen LogP contribution in [0.15, 0.2) is 29.3 Å². The number of hydrogen-bond donors (Lipinski definition) is 2. The van der Waals surface area contributed by atoms with Crippen LogP contribution in [0.5, 0.6) is 0 Å². The summed E-state index contributed by atoms with van der Waals surface area (Å²) in [6.07, 6.45) is 5.12. The topological polar surface area (TPSA) is 80.6 Å². The average Bonchev–Trinajstić information content (AvgIpc) is 3.27. The molecule has 6 heteroatoms. The molecule has 1 fully saturated rings. The number of nitrogen functional groups attached to an aromatic ring is 1. The number of thioether (sulfide) groups is 1. The molecule has 1 aliphatic heterocycles. The molecule has 0 spiro atoms. The Labute approximate surface area is 144 Å². The molecule has 1 aromatic heterocycles. The van der Waals surface area contributed by atoms with Gasteiger partial charge in [-0.1, -0.05) is 31.0 Å². The lowest BCUT2D eigenvalue weighted by molar-refractivity contribution is -0.137. The van der Waals surface area contributed by atoms with Crippen molar-refractivity contribution in [1.82, 2.24) is 4.68 Å². The smallest absolute Gasteiger partial charge is 0.305 e. The minimum atomic E-state index is -0.803. The highest BCUT2D eigenvalue weighted by molar-refractivity contribution is 8.14. The molecule has 0 radical (unpaired) electrons. The number of aliphatic imine (C=N–C) groups is 1. The minimum Gasteiger partial charge on any atom is -0.481 e. The maximum Gasteiger partial charge on any atom is 0.305 e. The van der Waals surface area contributed by atoms with Crippen molar-refractivity contribution in [3.05, 3.63) is 35.5 Å². The summed E-state index contributed by atoms with van der Waals surface area (Å²) >= 11 is 1.60. The molecule has 2 heterocycles. The number of nitrogens with two attached hydrogens (primary N) is 1. The number of aliphatic carboxylic acids is 1. The molecule has 5 nitrogen and oxygen atoms in total. The quantitative estimate of drug-likeness (QED) is 0.834. The van der Waals surface area contributed by atoms with Crippen LogP contribution < -0.4 is 5.84 Å². The summed E-state index contributed by atoms with van der Waals surface area (Å²) in [5.41, 5.74) is 3.34. The van der Waals surface area contributed by atoms with Gasteiger partial charge in [0.25, 0.3) is 0 Å². The number of rotatable bonds is 4. The van der Waals surface area contributed by atoms with E-state index in [-0.39, 0.29) is 12.5 Å². The molecule has 3 N–H and O–H groups in total. The molecule has 0 amide bonds. The highest BCUT2D eigenvalue weighted by atomic mass is 32.2. The zero-order chi connectivity index (χ0) is 16.7. The summed E-state index contributed by atoms with van der Waals surface area (Å²) in [5.74, 6) is 6.94. The number of hydrogen-bond acceptors (Lipinski definition) is 4. The van der Waals surface area contributed by atoms with Crippen LogP contribution in [0.2, 0.25) is 0 Å². The molecule has 126 valence electrons. The van der Waals surface area contributed by atoms with Gasteiger partial charge in [0.1, 0.15) is 5.04 Å². The van der Waals surface area contributed by atoms with Crippen LogP contribution in [-0.4, -0.2) is 32.6 Å². The van der Waals surface area contributed by atoms with Crippen LogP contribution >= 0.6 is 11.8 Å². The van der Waals surface area contributed by atoms with E-state index in [1.807, 2.05) is 0 Å². The minimum absolute atomic E-state index is 0.0780. The summed E-state index contributed by atoms with van der Waals surface area (Å²) in [4.78, 5) is 15.5. The highest BCUT2D eigenvalue weighted by Gasteiger charge is 2.26. The Morgan fingerprint density at radius 1 is 1.38 bits per heavy atom. The van der Waals surface area contributed by atoms with Crippen LogP contribution in [0.3, 0.4) is 0 Å². The zero-order valence-corrected chi connectivity index (χ0v) is 14.3. The summed E-state index contributed by atoms with van der Waals surface area (Å²) in [6.45, 7) is 0. The number of aromatic nitrogens is 1. The molecule has 1 unspecified atom stereocenters. The van der Waals surface area contributed by atoms with Crippen molar-refractivity contribution < 1.29 is 9.90 Å². The maximum atomic E-state index is 10.9. The number of benzene rings is 1. The SMILES string of the molecule is Nn1c(C2=NC(CC(=O)O)CS2)cc2cccc(C3CCCC3)c21. The second-order valence-corrected chi connectivity index (χ2v) is 7.67. The average molecular weight is 343 g/mol. The van der Waals surface area contributed by atoms with Gasteiger partial charge in [-0.25, -0.2) is 0 Å². The molecule has 0 bridgehead atoms. The number of carbonyl (C=O) groups is 1. The van der Waals surface area contributed by atoms with Crippen LogP contribution in [0.4, 0.5) is 0 Å². The van der Waals surface area contributed by atoms with Gasteiger partial charge in [-0.05, 0) is 30.4 Å². The molecule has 1 saturated carbocycles. The largest absolute Gasteiger partial charge is 0.481 e. The maximum absolute atomic E-state index is 10.9. The fourth-order valence-electron chi connectivity index (χ4n) is 3.90.